The Bertz CT molecular complexity index is 467. The second-order valence-electron chi connectivity index (χ2n) is 4.94. The number of aromatic nitrogens is 2. The van der Waals surface area contributed by atoms with E-state index in [4.69, 9.17) is 5.11 Å². The topological polar surface area (TPSA) is 104 Å². The molecule has 8 nitrogen and oxygen atoms in total. The number of anilines is 2. The van der Waals surface area contributed by atoms with Crippen molar-refractivity contribution in [3.05, 3.63) is 16.4 Å². The summed E-state index contributed by atoms with van der Waals surface area (Å²) < 4.78 is 0. The molecule has 0 aliphatic heterocycles. The van der Waals surface area contributed by atoms with Crippen LogP contribution in [0, 0.1) is 10.1 Å². The molecule has 1 rings (SSSR count). The van der Waals surface area contributed by atoms with E-state index in [1.807, 2.05) is 25.7 Å². The molecule has 21 heavy (non-hydrogen) atoms. The standard InChI is InChI=1S/C13H23N5O3/c1-4-6-14-12-11(18(20)21)13(16-9-15-12)17(10(2)3)7-5-8-19/h9-10,19H,4-8H2,1-3H3,(H,14,15,16). The molecular weight excluding hydrogens is 274 g/mol. The number of aliphatic hydroxyl groups excluding tert-OH is 1. The van der Waals surface area contributed by atoms with Crippen LogP contribution in [-0.2, 0) is 0 Å². The van der Waals surface area contributed by atoms with Gasteiger partial charge in [-0.05, 0) is 26.7 Å². The average molecular weight is 297 g/mol. The second kappa shape index (κ2) is 8.35. The molecule has 0 aromatic carbocycles. The lowest BCUT2D eigenvalue weighted by molar-refractivity contribution is -0.383. The summed E-state index contributed by atoms with van der Waals surface area (Å²) in [6, 6.07) is 0.0316. The summed E-state index contributed by atoms with van der Waals surface area (Å²) in [7, 11) is 0. The number of nitrogens with one attached hydrogen (secondary N) is 1. The molecule has 0 spiro atoms. The van der Waals surface area contributed by atoms with Gasteiger partial charge in [-0.2, -0.15) is 0 Å². The molecule has 118 valence electrons. The first-order valence-corrected chi connectivity index (χ1v) is 7.13. The van der Waals surface area contributed by atoms with Crippen LogP contribution in [0.1, 0.15) is 33.6 Å². The Labute approximate surface area is 124 Å². The molecule has 0 saturated heterocycles. The van der Waals surface area contributed by atoms with Crippen LogP contribution >= 0.6 is 0 Å². The monoisotopic (exact) mass is 297 g/mol. The molecule has 0 amide bonds. The summed E-state index contributed by atoms with van der Waals surface area (Å²) in [5, 5.41) is 23.4. The highest BCUT2D eigenvalue weighted by Gasteiger charge is 2.27. The molecular formula is C13H23N5O3. The van der Waals surface area contributed by atoms with E-state index in [1.165, 1.54) is 6.33 Å². The lowest BCUT2D eigenvalue weighted by Gasteiger charge is -2.27. The predicted molar refractivity (Wildman–Crippen MR) is 81.7 cm³/mol. The van der Waals surface area contributed by atoms with Crippen molar-refractivity contribution in [3.63, 3.8) is 0 Å². The van der Waals surface area contributed by atoms with Crippen molar-refractivity contribution >= 4 is 17.3 Å². The quantitative estimate of drug-likeness (QED) is 0.529. The van der Waals surface area contributed by atoms with E-state index >= 15 is 0 Å². The smallest absolute Gasteiger partial charge is 0.353 e. The summed E-state index contributed by atoms with van der Waals surface area (Å²) in [4.78, 5) is 20.8. The van der Waals surface area contributed by atoms with Gasteiger partial charge in [-0.15, -0.1) is 0 Å². The van der Waals surface area contributed by atoms with Gasteiger partial charge in [-0.3, -0.25) is 10.1 Å². The molecule has 1 aromatic heterocycles. The maximum Gasteiger partial charge on any atom is 0.353 e. The normalized spacial score (nSPS) is 10.7. The third-order valence-electron chi connectivity index (χ3n) is 2.98. The Kier molecular flexibility index (Phi) is 6.80. The summed E-state index contributed by atoms with van der Waals surface area (Å²) in [6.07, 6.45) is 2.70. The molecule has 0 aliphatic rings. The Morgan fingerprint density at radius 1 is 1.48 bits per heavy atom. The third-order valence-corrected chi connectivity index (χ3v) is 2.98. The van der Waals surface area contributed by atoms with Crippen LogP contribution in [0.3, 0.4) is 0 Å². The fourth-order valence-electron chi connectivity index (χ4n) is 1.97. The Balaban J connectivity index is 3.21. The molecule has 0 saturated carbocycles. The van der Waals surface area contributed by atoms with Crippen molar-refractivity contribution in [3.8, 4) is 0 Å². The molecule has 0 aliphatic carbocycles. The first kappa shape index (κ1) is 17.1. The molecule has 2 N–H and O–H groups in total. The second-order valence-corrected chi connectivity index (χ2v) is 4.94. The Morgan fingerprint density at radius 3 is 2.71 bits per heavy atom. The third kappa shape index (κ3) is 4.52. The zero-order chi connectivity index (χ0) is 15.8. The van der Waals surface area contributed by atoms with Crippen LogP contribution in [0.4, 0.5) is 17.3 Å². The molecule has 0 unspecified atom stereocenters. The van der Waals surface area contributed by atoms with Crippen molar-refractivity contribution in [1.82, 2.24) is 9.97 Å². The summed E-state index contributed by atoms with van der Waals surface area (Å²) in [5.74, 6) is 0.526. The Morgan fingerprint density at radius 2 is 2.19 bits per heavy atom. The van der Waals surface area contributed by atoms with E-state index in [2.05, 4.69) is 15.3 Å². The fourth-order valence-corrected chi connectivity index (χ4v) is 1.97. The lowest BCUT2D eigenvalue weighted by atomic mass is 10.2. The largest absolute Gasteiger partial charge is 0.396 e. The number of hydrogen-bond donors (Lipinski definition) is 2. The van der Waals surface area contributed by atoms with Gasteiger partial charge < -0.3 is 15.3 Å². The van der Waals surface area contributed by atoms with Crippen LogP contribution < -0.4 is 10.2 Å². The van der Waals surface area contributed by atoms with Crippen molar-refractivity contribution in [2.24, 2.45) is 0 Å². The molecule has 0 bridgehead atoms. The summed E-state index contributed by atoms with van der Waals surface area (Å²) in [6.45, 7) is 6.98. The highest BCUT2D eigenvalue weighted by Crippen LogP contribution is 2.32. The maximum atomic E-state index is 11.4. The van der Waals surface area contributed by atoms with E-state index in [9.17, 15) is 10.1 Å². The van der Waals surface area contributed by atoms with Crippen LogP contribution in [-0.4, -0.2) is 45.7 Å². The molecule has 0 fully saturated rings. The van der Waals surface area contributed by atoms with Gasteiger partial charge in [0.25, 0.3) is 0 Å². The predicted octanol–water partition coefficient (Wildman–Crippen LogP) is 1.80. The highest BCUT2D eigenvalue weighted by atomic mass is 16.6. The molecule has 0 atom stereocenters. The minimum Gasteiger partial charge on any atom is -0.396 e. The van der Waals surface area contributed by atoms with Gasteiger partial charge >= 0.3 is 5.69 Å². The highest BCUT2D eigenvalue weighted by molar-refractivity contribution is 5.70. The van der Waals surface area contributed by atoms with Gasteiger partial charge in [0.2, 0.25) is 11.6 Å². The van der Waals surface area contributed by atoms with E-state index in [-0.39, 0.29) is 30.0 Å². The van der Waals surface area contributed by atoms with E-state index in [1.54, 1.807) is 0 Å². The minimum absolute atomic E-state index is 0.0308. The van der Waals surface area contributed by atoms with Crippen LogP contribution in [0.2, 0.25) is 0 Å². The zero-order valence-corrected chi connectivity index (χ0v) is 12.7. The van der Waals surface area contributed by atoms with Crippen LogP contribution in [0.15, 0.2) is 6.33 Å². The fraction of sp³-hybridized carbons (Fsp3) is 0.692. The number of nitro groups is 1. The van der Waals surface area contributed by atoms with E-state index < -0.39 is 4.92 Å². The Hall–Kier alpha value is -1.96. The number of aliphatic hydroxyl groups is 1. The van der Waals surface area contributed by atoms with Gasteiger partial charge in [0.05, 0.1) is 4.92 Å². The van der Waals surface area contributed by atoms with Gasteiger partial charge in [0.1, 0.15) is 6.33 Å². The van der Waals surface area contributed by atoms with Crippen molar-refractivity contribution < 1.29 is 10.0 Å². The minimum atomic E-state index is -0.457. The van der Waals surface area contributed by atoms with Gasteiger partial charge in [-0.1, -0.05) is 6.92 Å². The van der Waals surface area contributed by atoms with Gasteiger partial charge in [-0.25, -0.2) is 9.97 Å². The maximum absolute atomic E-state index is 11.4. The van der Waals surface area contributed by atoms with Gasteiger partial charge in [0.15, 0.2) is 0 Å². The first-order chi connectivity index (χ1) is 10.0. The molecule has 1 heterocycles. The first-order valence-electron chi connectivity index (χ1n) is 7.13. The van der Waals surface area contributed by atoms with Crippen molar-refractivity contribution in [2.45, 2.75) is 39.7 Å². The van der Waals surface area contributed by atoms with Gasteiger partial charge in [0, 0.05) is 25.7 Å². The number of nitrogens with zero attached hydrogens (tertiary/aromatic N) is 4. The SMILES string of the molecule is CCCNc1ncnc(N(CCCO)C(C)C)c1[N+](=O)[O-]. The lowest BCUT2D eigenvalue weighted by Crippen LogP contribution is -2.33. The summed E-state index contributed by atoms with van der Waals surface area (Å²) in [5.41, 5.74) is -0.113. The van der Waals surface area contributed by atoms with Crippen molar-refractivity contribution in [2.75, 3.05) is 29.9 Å². The van der Waals surface area contributed by atoms with E-state index in [0.717, 1.165) is 6.42 Å². The zero-order valence-electron chi connectivity index (χ0n) is 12.7. The van der Waals surface area contributed by atoms with Crippen molar-refractivity contribution in [1.29, 1.82) is 0 Å². The van der Waals surface area contributed by atoms with Crippen LogP contribution in [0.5, 0.6) is 0 Å². The number of rotatable bonds is 9. The molecule has 0 radical (unpaired) electrons. The van der Waals surface area contributed by atoms with E-state index in [0.29, 0.717) is 19.5 Å². The van der Waals surface area contributed by atoms with Crippen LogP contribution in [0.25, 0.3) is 0 Å². The molecule has 8 heteroatoms. The molecule has 1 aromatic rings. The summed E-state index contributed by atoms with van der Waals surface area (Å²) >= 11 is 0. The number of hydrogen-bond acceptors (Lipinski definition) is 7. The average Bonchev–Trinajstić information content (AvgIpc) is 2.44.